The van der Waals surface area contributed by atoms with Gasteiger partial charge in [-0.3, -0.25) is 14.6 Å². The number of thiazole rings is 1. The molecule has 1 saturated heterocycles. The second-order valence-corrected chi connectivity index (χ2v) is 8.06. The normalized spacial score (nSPS) is 15.6. The molecule has 0 radical (unpaired) electrons. The molecule has 1 aliphatic heterocycles. The summed E-state index contributed by atoms with van der Waals surface area (Å²) in [6.07, 6.45) is 8.47. The number of carbonyl (C=O) groups excluding carboxylic acids is 2. The molecule has 27 heavy (non-hydrogen) atoms. The lowest BCUT2D eigenvalue weighted by Gasteiger charge is -2.25. The van der Waals surface area contributed by atoms with Gasteiger partial charge in [-0.25, -0.2) is 9.97 Å². The Hall–Kier alpha value is -2.35. The number of nitrogens with zero attached hydrogens (tertiary/aromatic N) is 4. The van der Waals surface area contributed by atoms with Crippen molar-refractivity contribution in [3.63, 3.8) is 0 Å². The number of nitrogens with one attached hydrogen (secondary N) is 1. The van der Waals surface area contributed by atoms with Gasteiger partial charge in [0.25, 0.3) is 11.8 Å². The van der Waals surface area contributed by atoms with E-state index in [4.69, 9.17) is 0 Å². The third kappa shape index (κ3) is 5.09. The van der Waals surface area contributed by atoms with Gasteiger partial charge in [0.1, 0.15) is 16.4 Å². The van der Waals surface area contributed by atoms with Crippen molar-refractivity contribution in [3.8, 4) is 0 Å². The van der Waals surface area contributed by atoms with Crippen molar-refractivity contribution in [1.29, 1.82) is 0 Å². The molecule has 144 valence electrons. The molecule has 2 aromatic heterocycles. The standard InChI is InChI=1S/C19H25N5O2S/c1-13(2)10-14(22-17(25)15-11-20-6-7-21-15)18-23-16(12-27-18)19(26)24-8-4-3-5-9-24/h6-7,11-14H,3-5,8-10H2,1-2H3,(H,22,25)/t14-/m0/s1. The van der Waals surface area contributed by atoms with Gasteiger partial charge in [0.2, 0.25) is 0 Å². The predicted octanol–water partition coefficient (Wildman–Crippen LogP) is 3.08. The molecule has 2 aromatic rings. The fraction of sp³-hybridized carbons (Fsp3) is 0.526. The number of rotatable bonds is 6. The summed E-state index contributed by atoms with van der Waals surface area (Å²) in [5.41, 5.74) is 0.742. The molecule has 0 spiro atoms. The molecule has 7 nitrogen and oxygen atoms in total. The van der Waals surface area contributed by atoms with Crippen LogP contribution in [0.1, 0.15) is 71.6 Å². The molecule has 2 amide bonds. The van der Waals surface area contributed by atoms with Crippen LogP contribution in [0.3, 0.4) is 0 Å². The van der Waals surface area contributed by atoms with Gasteiger partial charge < -0.3 is 10.2 Å². The number of hydrogen-bond acceptors (Lipinski definition) is 6. The van der Waals surface area contributed by atoms with Gasteiger partial charge in [-0.2, -0.15) is 0 Å². The van der Waals surface area contributed by atoms with Crippen molar-refractivity contribution >= 4 is 23.2 Å². The van der Waals surface area contributed by atoms with Crippen LogP contribution in [-0.4, -0.2) is 44.8 Å². The number of carbonyl (C=O) groups is 2. The second kappa shape index (κ2) is 9.03. The average Bonchev–Trinajstić information content (AvgIpc) is 3.18. The van der Waals surface area contributed by atoms with E-state index in [1.165, 1.54) is 36.3 Å². The zero-order valence-corrected chi connectivity index (χ0v) is 16.5. The van der Waals surface area contributed by atoms with Gasteiger partial charge in [-0.1, -0.05) is 13.8 Å². The molecule has 0 saturated carbocycles. The van der Waals surface area contributed by atoms with E-state index < -0.39 is 0 Å². The highest BCUT2D eigenvalue weighted by Gasteiger charge is 2.25. The summed E-state index contributed by atoms with van der Waals surface area (Å²) in [5, 5.41) is 5.55. The number of amides is 2. The largest absolute Gasteiger partial charge is 0.341 e. The summed E-state index contributed by atoms with van der Waals surface area (Å²) in [4.78, 5) is 39.6. The molecular weight excluding hydrogens is 362 g/mol. The minimum atomic E-state index is -0.284. The van der Waals surface area contributed by atoms with Crippen molar-refractivity contribution in [2.24, 2.45) is 5.92 Å². The zero-order valence-electron chi connectivity index (χ0n) is 15.7. The van der Waals surface area contributed by atoms with Crippen LogP contribution in [0.5, 0.6) is 0 Å². The maximum atomic E-state index is 12.7. The summed E-state index contributed by atoms with van der Waals surface area (Å²) in [7, 11) is 0. The summed E-state index contributed by atoms with van der Waals surface area (Å²) in [6.45, 7) is 5.78. The summed E-state index contributed by atoms with van der Waals surface area (Å²) in [5.74, 6) is 0.0657. The Morgan fingerprint density at radius 3 is 2.63 bits per heavy atom. The van der Waals surface area contributed by atoms with Gasteiger partial charge in [0, 0.05) is 30.9 Å². The molecule has 0 unspecified atom stereocenters. The third-order valence-corrected chi connectivity index (χ3v) is 5.45. The molecule has 0 aromatic carbocycles. The summed E-state index contributed by atoms with van der Waals surface area (Å²) < 4.78 is 0. The summed E-state index contributed by atoms with van der Waals surface area (Å²) >= 11 is 1.42. The van der Waals surface area contributed by atoms with E-state index in [2.05, 4.69) is 34.1 Å². The molecule has 1 atom stereocenters. The fourth-order valence-electron chi connectivity index (χ4n) is 3.15. The third-order valence-electron chi connectivity index (χ3n) is 4.49. The Kier molecular flexibility index (Phi) is 6.49. The molecule has 0 aliphatic carbocycles. The molecule has 1 N–H and O–H groups in total. The first-order valence-electron chi connectivity index (χ1n) is 9.36. The Balaban J connectivity index is 1.74. The quantitative estimate of drug-likeness (QED) is 0.823. The average molecular weight is 388 g/mol. The van der Waals surface area contributed by atoms with Crippen LogP contribution >= 0.6 is 11.3 Å². The van der Waals surface area contributed by atoms with E-state index in [9.17, 15) is 9.59 Å². The van der Waals surface area contributed by atoms with Crippen molar-refractivity contribution in [3.05, 3.63) is 40.4 Å². The first-order valence-corrected chi connectivity index (χ1v) is 10.2. The molecule has 3 rings (SSSR count). The minimum Gasteiger partial charge on any atom is -0.341 e. The Morgan fingerprint density at radius 2 is 1.96 bits per heavy atom. The van der Waals surface area contributed by atoms with Gasteiger partial charge in [0.15, 0.2) is 0 Å². The number of likely N-dealkylation sites (tertiary alicyclic amines) is 1. The Labute approximate surface area is 163 Å². The monoisotopic (exact) mass is 387 g/mol. The van der Waals surface area contributed by atoms with Crippen LogP contribution < -0.4 is 5.32 Å². The SMILES string of the molecule is CC(C)C[C@H](NC(=O)c1cnccn1)c1nc(C(=O)N2CCCCC2)cs1. The fourth-order valence-corrected chi connectivity index (χ4v) is 4.00. The molecule has 1 aliphatic rings. The van der Waals surface area contributed by atoms with Crippen molar-refractivity contribution in [2.75, 3.05) is 13.1 Å². The van der Waals surface area contributed by atoms with Crippen molar-refractivity contribution < 1.29 is 9.59 Å². The number of piperidine rings is 1. The second-order valence-electron chi connectivity index (χ2n) is 7.17. The molecule has 1 fully saturated rings. The van der Waals surface area contributed by atoms with Gasteiger partial charge in [-0.15, -0.1) is 11.3 Å². The highest BCUT2D eigenvalue weighted by Crippen LogP contribution is 2.26. The van der Waals surface area contributed by atoms with Crippen LogP contribution in [0, 0.1) is 5.92 Å². The number of aromatic nitrogens is 3. The van der Waals surface area contributed by atoms with Crippen LogP contribution in [-0.2, 0) is 0 Å². The predicted molar refractivity (Wildman–Crippen MR) is 104 cm³/mol. The molecule has 3 heterocycles. The van der Waals surface area contributed by atoms with Crippen LogP contribution in [0.25, 0.3) is 0 Å². The smallest absolute Gasteiger partial charge is 0.273 e. The minimum absolute atomic E-state index is 0.0132. The van der Waals surface area contributed by atoms with E-state index in [0.29, 0.717) is 11.6 Å². The van der Waals surface area contributed by atoms with Crippen molar-refractivity contribution in [2.45, 2.75) is 45.6 Å². The van der Waals surface area contributed by atoms with E-state index >= 15 is 0 Å². The first kappa shape index (κ1) is 19.4. The van der Waals surface area contributed by atoms with E-state index in [-0.39, 0.29) is 23.6 Å². The van der Waals surface area contributed by atoms with Crippen molar-refractivity contribution in [1.82, 2.24) is 25.2 Å². The van der Waals surface area contributed by atoms with Crippen LogP contribution in [0.4, 0.5) is 0 Å². The van der Waals surface area contributed by atoms with E-state index in [0.717, 1.165) is 37.4 Å². The Bertz CT molecular complexity index is 771. The topological polar surface area (TPSA) is 88.1 Å². The lowest BCUT2D eigenvalue weighted by atomic mass is 10.0. The van der Waals surface area contributed by atoms with Crippen LogP contribution in [0.15, 0.2) is 24.0 Å². The maximum Gasteiger partial charge on any atom is 0.273 e. The lowest BCUT2D eigenvalue weighted by Crippen LogP contribution is -2.36. The lowest BCUT2D eigenvalue weighted by molar-refractivity contribution is 0.0719. The maximum absolute atomic E-state index is 12.7. The molecular formula is C19H25N5O2S. The van der Waals surface area contributed by atoms with E-state index in [1.54, 1.807) is 5.38 Å². The van der Waals surface area contributed by atoms with Crippen LogP contribution in [0.2, 0.25) is 0 Å². The zero-order chi connectivity index (χ0) is 19.2. The van der Waals surface area contributed by atoms with Gasteiger partial charge in [-0.05, 0) is 31.6 Å². The first-order chi connectivity index (χ1) is 13.0. The highest BCUT2D eigenvalue weighted by molar-refractivity contribution is 7.09. The summed E-state index contributed by atoms with van der Waals surface area (Å²) in [6, 6.07) is -0.257. The van der Waals surface area contributed by atoms with E-state index in [1.807, 2.05) is 4.90 Å². The number of hydrogen-bond donors (Lipinski definition) is 1. The van der Waals surface area contributed by atoms with Gasteiger partial charge >= 0.3 is 0 Å². The van der Waals surface area contributed by atoms with Gasteiger partial charge in [0.05, 0.1) is 12.2 Å². The Morgan fingerprint density at radius 1 is 1.19 bits per heavy atom. The molecule has 8 heteroatoms. The molecule has 0 bridgehead atoms. The highest BCUT2D eigenvalue weighted by atomic mass is 32.1.